The van der Waals surface area contributed by atoms with Crippen LogP contribution in [0.3, 0.4) is 0 Å². The highest BCUT2D eigenvalue weighted by molar-refractivity contribution is 7.99. The van der Waals surface area contributed by atoms with Gasteiger partial charge in [-0.3, -0.25) is 9.69 Å². The molecule has 4 nitrogen and oxygen atoms in total. The van der Waals surface area contributed by atoms with Crippen molar-refractivity contribution in [3.8, 4) is 0 Å². The molecule has 0 aliphatic carbocycles. The first-order valence-corrected chi connectivity index (χ1v) is 8.27. The average molecular weight is 285 g/mol. The molecule has 1 aromatic rings. The molecule has 1 atom stereocenters. The predicted molar refractivity (Wildman–Crippen MR) is 78.6 cm³/mol. The van der Waals surface area contributed by atoms with Crippen molar-refractivity contribution in [1.82, 2.24) is 10.3 Å². The van der Waals surface area contributed by atoms with Gasteiger partial charge in [0.25, 0.3) is 0 Å². The maximum atomic E-state index is 12.3. The second kappa shape index (κ2) is 6.54. The molecule has 1 N–H and O–H groups in total. The SMILES string of the molecule is CCN(C(=O)CC1CSCCN1)c1nc(C)cs1. The van der Waals surface area contributed by atoms with Crippen molar-refractivity contribution in [2.75, 3.05) is 29.5 Å². The molecule has 1 unspecified atom stereocenters. The van der Waals surface area contributed by atoms with E-state index >= 15 is 0 Å². The number of nitrogens with one attached hydrogen (secondary N) is 1. The molecule has 1 aliphatic heterocycles. The summed E-state index contributed by atoms with van der Waals surface area (Å²) in [6, 6.07) is 0.311. The highest BCUT2D eigenvalue weighted by Crippen LogP contribution is 2.21. The number of thiazole rings is 1. The molecule has 1 aromatic heterocycles. The Labute approximate surface area is 116 Å². The largest absolute Gasteiger partial charge is 0.312 e. The van der Waals surface area contributed by atoms with E-state index in [0.717, 1.165) is 28.9 Å². The van der Waals surface area contributed by atoms with E-state index in [1.165, 1.54) is 0 Å². The van der Waals surface area contributed by atoms with Gasteiger partial charge in [-0.25, -0.2) is 4.98 Å². The minimum atomic E-state index is 0.173. The summed E-state index contributed by atoms with van der Waals surface area (Å²) in [5.41, 5.74) is 0.979. The Hall–Kier alpha value is -0.590. The summed E-state index contributed by atoms with van der Waals surface area (Å²) < 4.78 is 0. The van der Waals surface area contributed by atoms with Gasteiger partial charge >= 0.3 is 0 Å². The maximum absolute atomic E-state index is 12.3. The quantitative estimate of drug-likeness (QED) is 0.918. The third kappa shape index (κ3) is 3.46. The zero-order valence-electron chi connectivity index (χ0n) is 10.8. The number of carbonyl (C=O) groups is 1. The standard InChI is InChI=1S/C12H19N3OS2/c1-3-15(12-14-9(2)7-18-12)11(16)6-10-8-17-5-4-13-10/h7,10,13H,3-6,8H2,1-2H3. The van der Waals surface area contributed by atoms with Crippen LogP contribution in [0.25, 0.3) is 0 Å². The summed E-state index contributed by atoms with van der Waals surface area (Å²) in [4.78, 5) is 18.5. The summed E-state index contributed by atoms with van der Waals surface area (Å²) in [6.07, 6.45) is 0.569. The van der Waals surface area contributed by atoms with E-state index in [0.29, 0.717) is 19.0 Å². The lowest BCUT2D eigenvalue weighted by molar-refractivity contribution is -0.118. The summed E-state index contributed by atoms with van der Waals surface area (Å²) in [5, 5.41) is 6.21. The Morgan fingerprint density at radius 2 is 2.50 bits per heavy atom. The van der Waals surface area contributed by atoms with Gasteiger partial charge in [0.05, 0.1) is 5.69 Å². The summed E-state index contributed by atoms with van der Waals surface area (Å²) in [7, 11) is 0. The molecule has 18 heavy (non-hydrogen) atoms. The third-order valence-electron chi connectivity index (χ3n) is 2.87. The van der Waals surface area contributed by atoms with Crippen LogP contribution < -0.4 is 10.2 Å². The van der Waals surface area contributed by atoms with Gasteiger partial charge in [0, 0.05) is 42.4 Å². The molecule has 6 heteroatoms. The maximum Gasteiger partial charge on any atom is 0.230 e. The number of carbonyl (C=O) groups excluding carboxylic acids is 1. The molecule has 1 amide bonds. The van der Waals surface area contributed by atoms with E-state index in [1.807, 2.05) is 31.0 Å². The van der Waals surface area contributed by atoms with Crippen LogP contribution >= 0.6 is 23.1 Å². The van der Waals surface area contributed by atoms with Crippen molar-refractivity contribution in [3.05, 3.63) is 11.1 Å². The second-order valence-corrected chi connectivity index (χ2v) is 6.33. The summed E-state index contributed by atoms with van der Waals surface area (Å²) in [5.74, 6) is 2.35. The number of thioether (sulfide) groups is 1. The smallest absolute Gasteiger partial charge is 0.230 e. The molecule has 100 valence electrons. The normalized spacial score (nSPS) is 19.8. The van der Waals surface area contributed by atoms with Crippen molar-refractivity contribution in [1.29, 1.82) is 0 Å². The zero-order valence-corrected chi connectivity index (χ0v) is 12.4. The van der Waals surface area contributed by atoms with Gasteiger partial charge < -0.3 is 5.32 Å². The van der Waals surface area contributed by atoms with Crippen molar-refractivity contribution in [2.45, 2.75) is 26.3 Å². The van der Waals surface area contributed by atoms with E-state index in [2.05, 4.69) is 10.3 Å². The minimum Gasteiger partial charge on any atom is -0.312 e. The van der Waals surface area contributed by atoms with E-state index in [4.69, 9.17) is 0 Å². The number of anilines is 1. The summed E-state index contributed by atoms with van der Waals surface area (Å²) >= 11 is 3.46. The molecule has 0 aromatic carbocycles. The van der Waals surface area contributed by atoms with Crippen LogP contribution in [0.2, 0.25) is 0 Å². The highest BCUT2D eigenvalue weighted by Gasteiger charge is 2.22. The van der Waals surface area contributed by atoms with Gasteiger partial charge in [-0.1, -0.05) is 0 Å². The van der Waals surface area contributed by atoms with Gasteiger partial charge in [0.1, 0.15) is 0 Å². The van der Waals surface area contributed by atoms with Crippen molar-refractivity contribution in [2.24, 2.45) is 0 Å². The first kappa shape index (κ1) is 13.8. The summed E-state index contributed by atoms with van der Waals surface area (Å²) in [6.45, 7) is 5.64. The predicted octanol–water partition coefficient (Wildman–Crippen LogP) is 1.90. The van der Waals surface area contributed by atoms with Crippen LogP contribution in [0.5, 0.6) is 0 Å². The number of aryl methyl sites for hydroxylation is 1. The molecule has 0 saturated carbocycles. The lowest BCUT2D eigenvalue weighted by Gasteiger charge is -2.25. The fourth-order valence-corrected chi connectivity index (χ4v) is 3.79. The fraction of sp³-hybridized carbons (Fsp3) is 0.667. The fourth-order valence-electron chi connectivity index (χ4n) is 1.96. The van der Waals surface area contributed by atoms with Gasteiger partial charge in [-0.15, -0.1) is 11.3 Å². The average Bonchev–Trinajstić information content (AvgIpc) is 2.78. The molecule has 1 fully saturated rings. The number of rotatable bonds is 4. The molecule has 0 spiro atoms. The Bertz CT molecular complexity index is 402. The first-order valence-electron chi connectivity index (χ1n) is 6.24. The first-order chi connectivity index (χ1) is 8.70. The van der Waals surface area contributed by atoms with Crippen LogP contribution in [0, 0.1) is 6.92 Å². The van der Waals surface area contributed by atoms with Gasteiger partial charge in [0.15, 0.2) is 5.13 Å². The number of hydrogen-bond donors (Lipinski definition) is 1. The molecule has 2 rings (SSSR count). The van der Waals surface area contributed by atoms with Crippen molar-refractivity contribution in [3.63, 3.8) is 0 Å². The zero-order chi connectivity index (χ0) is 13.0. The molecular formula is C12H19N3OS2. The number of nitrogens with zero attached hydrogens (tertiary/aromatic N) is 2. The highest BCUT2D eigenvalue weighted by atomic mass is 32.2. The Kier molecular flexibility index (Phi) is 5.03. The molecule has 1 saturated heterocycles. The van der Waals surface area contributed by atoms with Gasteiger partial charge in [-0.2, -0.15) is 11.8 Å². The van der Waals surface area contributed by atoms with E-state index in [9.17, 15) is 4.79 Å². The van der Waals surface area contributed by atoms with Gasteiger partial charge in [0.2, 0.25) is 5.91 Å². The molecule has 0 radical (unpaired) electrons. The van der Waals surface area contributed by atoms with Crippen LogP contribution in [-0.2, 0) is 4.79 Å². The van der Waals surface area contributed by atoms with E-state index in [1.54, 1.807) is 16.2 Å². The lowest BCUT2D eigenvalue weighted by atomic mass is 10.2. The van der Waals surface area contributed by atoms with Crippen LogP contribution in [-0.4, -0.2) is 41.5 Å². The molecule has 1 aliphatic rings. The van der Waals surface area contributed by atoms with Crippen molar-refractivity contribution >= 4 is 34.1 Å². The Morgan fingerprint density at radius 3 is 3.06 bits per heavy atom. The monoisotopic (exact) mass is 285 g/mol. The molecule has 2 heterocycles. The van der Waals surface area contributed by atoms with E-state index in [-0.39, 0.29) is 5.91 Å². The lowest BCUT2D eigenvalue weighted by Crippen LogP contribution is -2.42. The van der Waals surface area contributed by atoms with E-state index < -0.39 is 0 Å². The van der Waals surface area contributed by atoms with Crippen LogP contribution in [0.4, 0.5) is 5.13 Å². The van der Waals surface area contributed by atoms with Crippen LogP contribution in [0.1, 0.15) is 19.0 Å². The number of amides is 1. The Morgan fingerprint density at radius 1 is 1.67 bits per heavy atom. The molecule has 0 bridgehead atoms. The van der Waals surface area contributed by atoms with Gasteiger partial charge in [-0.05, 0) is 13.8 Å². The topological polar surface area (TPSA) is 45.2 Å². The van der Waals surface area contributed by atoms with Crippen molar-refractivity contribution < 1.29 is 4.79 Å². The third-order valence-corrected chi connectivity index (χ3v) is 4.99. The van der Waals surface area contributed by atoms with Crippen LogP contribution in [0.15, 0.2) is 5.38 Å². The number of aromatic nitrogens is 1. The molecular weight excluding hydrogens is 266 g/mol. The minimum absolute atomic E-state index is 0.173. The second-order valence-electron chi connectivity index (χ2n) is 4.34. The number of hydrogen-bond acceptors (Lipinski definition) is 5. The Balaban J connectivity index is 1.96.